The van der Waals surface area contributed by atoms with Crippen LogP contribution in [0.4, 0.5) is 0 Å². The van der Waals surface area contributed by atoms with Gasteiger partial charge in [-0.1, -0.05) is 5.16 Å². The molecule has 17 heavy (non-hydrogen) atoms. The van der Waals surface area contributed by atoms with Gasteiger partial charge in [-0.3, -0.25) is 4.90 Å². The molecule has 1 saturated heterocycles. The van der Waals surface area contributed by atoms with Crippen molar-refractivity contribution in [2.45, 2.75) is 19.6 Å². The number of thioether (sulfide) groups is 1. The van der Waals surface area contributed by atoms with Gasteiger partial charge >= 0.3 is 0 Å². The number of morpholine rings is 1. The maximum Gasteiger partial charge on any atom is 0.137 e. The quantitative estimate of drug-likeness (QED) is 0.752. The molecule has 1 aromatic heterocycles. The normalized spacial score (nSPS) is 17.5. The molecule has 2 rings (SSSR count). The molecule has 1 aromatic rings. The largest absolute Gasteiger partial charge is 0.379 e. The van der Waals surface area contributed by atoms with Crippen molar-refractivity contribution in [3.63, 3.8) is 0 Å². The molecular weight excluding hydrogens is 236 g/mol. The van der Waals surface area contributed by atoms with Gasteiger partial charge < -0.3 is 9.26 Å². The van der Waals surface area contributed by atoms with E-state index in [1.807, 2.05) is 25.6 Å². The van der Waals surface area contributed by atoms with Crippen molar-refractivity contribution >= 4 is 11.8 Å². The standard InChI is InChI=1S/C12H20N2O2S/c1-10-12(11(2)16-13-10)9-17-8-5-14-3-6-15-7-4-14/h3-9H2,1-2H3. The number of ether oxygens (including phenoxy) is 1. The molecule has 1 aliphatic heterocycles. The lowest BCUT2D eigenvalue weighted by atomic mass is 10.2. The van der Waals surface area contributed by atoms with E-state index < -0.39 is 0 Å². The molecule has 96 valence electrons. The molecule has 0 unspecified atom stereocenters. The van der Waals surface area contributed by atoms with Crippen molar-refractivity contribution in [1.29, 1.82) is 0 Å². The van der Waals surface area contributed by atoms with Crippen LogP contribution < -0.4 is 0 Å². The first kappa shape index (κ1) is 12.9. The molecule has 4 nitrogen and oxygen atoms in total. The Morgan fingerprint density at radius 1 is 1.29 bits per heavy atom. The van der Waals surface area contributed by atoms with E-state index in [0.29, 0.717) is 0 Å². The zero-order valence-electron chi connectivity index (χ0n) is 10.6. The van der Waals surface area contributed by atoms with Crippen LogP contribution in [0.5, 0.6) is 0 Å². The predicted molar refractivity (Wildman–Crippen MR) is 69.4 cm³/mol. The summed E-state index contributed by atoms with van der Waals surface area (Å²) in [5.41, 5.74) is 2.29. The molecule has 0 saturated carbocycles. The number of hydrogen-bond acceptors (Lipinski definition) is 5. The summed E-state index contributed by atoms with van der Waals surface area (Å²) < 4.78 is 10.5. The molecule has 1 fully saturated rings. The Bertz CT molecular complexity index is 329. The minimum Gasteiger partial charge on any atom is -0.379 e. The van der Waals surface area contributed by atoms with Crippen LogP contribution in [0, 0.1) is 13.8 Å². The fraction of sp³-hybridized carbons (Fsp3) is 0.750. The highest BCUT2D eigenvalue weighted by Gasteiger charge is 2.11. The number of aromatic nitrogens is 1. The lowest BCUT2D eigenvalue weighted by Crippen LogP contribution is -2.37. The Balaban J connectivity index is 1.66. The van der Waals surface area contributed by atoms with Crippen LogP contribution in [0.2, 0.25) is 0 Å². The Labute approximate surface area is 107 Å². The van der Waals surface area contributed by atoms with Gasteiger partial charge in [-0.15, -0.1) is 0 Å². The highest BCUT2D eigenvalue weighted by atomic mass is 32.2. The zero-order chi connectivity index (χ0) is 12.1. The molecule has 1 aliphatic rings. The Hall–Kier alpha value is -0.520. The van der Waals surface area contributed by atoms with Crippen LogP contribution in [0.25, 0.3) is 0 Å². The van der Waals surface area contributed by atoms with E-state index in [4.69, 9.17) is 9.26 Å². The first-order valence-electron chi connectivity index (χ1n) is 6.07. The molecule has 0 N–H and O–H groups in total. The summed E-state index contributed by atoms with van der Waals surface area (Å²) in [4.78, 5) is 2.46. The topological polar surface area (TPSA) is 38.5 Å². The molecule has 0 aromatic carbocycles. The van der Waals surface area contributed by atoms with Gasteiger partial charge in [0.15, 0.2) is 0 Å². The number of hydrogen-bond donors (Lipinski definition) is 0. The summed E-state index contributed by atoms with van der Waals surface area (Å²) >= 11 is 1.95. The second-order valence-electron chi connectivity index (χ2n) is 4.31. The summed E-state index contributed by atoms with van der Waals surface area (Å²) in [6, 6.07) is 0. The lowest BCUT2D eigenvalue weighted by Gasteiger charge is -2.26. The van der Waals surface area contributed by atoms with Crippen LogP contribution >= 0.6 is 11.8 Å². The third-order valence-corrected chi connectivity index (χ3v) is 4.05. The van der Waals surface area contributed by atoms with Crippen LogP contribution in [0.1, 0.15) is 17.0 Å². The molecule has 5 heteroatoms. The van der Waals surface area contributed by atoms with Crippen molar-refractivity contribution < 1.29 is 9.26 Å². The first-order chi connectivity index (χ1) is 8.27. The Kier molecular flexibility index (Phi) is 4.88. The second-order valence-corrected chi connectivity index (χ2v) is 5.41. The van der Waals surface area contributed by atoms with Crippen molar-refractivity contribution in [2.24, 2.45) is 0 Å². The van der Waals surface area contributed by atoms with Gasteiger partial charge in [-0.25, -0.2) is 0 Å². The molecule has 0 spiro atoms. The maximum atomic E-state index is 5.33. The third-order valence-electron chi connectivity index (χ3n) is 3.08. The number of nitrogens with zero attached hydrogens (tertiary/aromatic N) is 2. The molecule has 0 aliphatic carbocycles. The Morgan fingerprint density at radius 3 is 2.71 bits per heavy atom. The van der Waals surface area contributed by atoms with Gasteiger partial charge in [-0.05, 0) is 13.8 Å². The first-order valence-corrected chi connectivity index (χ1v) is 7.22. The summed E-state index contributed by atoms with van der Waals surface area (Å²) in [6.45, 7) is 9.06. The van der Waals surface area contributed by atoms with Crippen LogP contribution in [-0.2, 0) is 10.5 Å². The fourth-order valence-corrected chi connectivity index (χ4v) is 3.05. The summed E-state index contributed by atoms with van der Waals surface area (Å²) in [5.74, 6) is 3.12. The summed E-state index contributed by atoms with van der Waals surface area (Å²) in [5, 5.41) is 3.97. The fourth-order valence-electron chi connectivity index (χ4n) is 1.90. The van der Waals surface area contributed by atoms with Gasteiger partial charge in [0.1, 0.15) is 5.76 Å². The lowest BCUT2D eigenvalue weighted by molar-refractivity contribution is 0.0410. The van der Waals surface area contributed by atoms with Crippen molar-refractivity contribution in [1.82, 2.24) is 10.1 Å². The van der Waals surface area contributed by atoms with Gasteiger partial charge in [0, 0.05) is 36.7 Å². The van der Waals surface area contributed by atoms with E-state index in [0.717, 1.165) is 55.8 Å². The van der Waals surface area contributed by atoms with E-state index >= 15 is 0 Å². The molecule has 2 heterocycles. The van der Waals surface area contributed by atoms with E-state index in [1.54, 1.807) is 0 Å². The smallest absolute Gasteiger partial charge is 0.137 e. The maximum absolute atomic E-state index is 5.33. The minimum atomic E-state index is 0.883. The molecule has 0 atom stereocenters. The average molecular weight is 256 g/mol. The van der Waals surface area contributed by atoms with Gasteiger partial charge in [0.25, 0.3) is 0 Å². The van der Waals surface area contributed by atoms with Crippen LogP contribution in [0.15, 0.2) is 4.52 Å². The summed E-state index contributed by atoms with van der Waals surface area (Å²) in [6.07, 6.45) is 0. The van der Waals surface area contributed by atoms with Gasteiger partial charge in [0.05, 0.1) is 18.9 Å². The molecule has 0 radical (unpaired) electrons. The van der Waals surface area contributed by atoms with Crippen molar-refractivity contribution in [3.05, 3.63) is 17.0 Å². The van der Waals surface area contributed by atoms with Crippen molar-refractivity contribution in [3.8, 4) is 0 Å². The van der Waals surface area contributed by atoms with Crippen LogP contribution in [-0.4, -0.2) is 48.7 Å². The van der Waals surface area contributed by atoms with Crippen molar-refractivity contribution in [2.75, 3.05) is 38.6 Å². The highest BCUT2D eigenvalue weighted by molar-refractivity contribution is 7.98. The predicted octanol–water partition coefficient (Wildman–Crippen LogP) is 1.86. The molecule has 0 bridgehead atoms. The minimum absolute atomic E-state index is 0.883. The third kappa shape index (κ3) is 3.72. The SMILES string of the molecule is Cc1noc(C)c1CSCCN1CCOCC1. The zero-order valence-corrected chi connectivity index (χ0v) is 11.4. The molecule has 0 amide bonds. The van der Waals surface area contributed by atoms with Crippen LogP contribution in [0.3, 0.4) is 0 Å². The molecular formula is C12H20N2O2S. The highest BCUT2D eigenvalue weighted by Crippen LogP contribution is 2.19. The van der Waals surface area contributed by atoms with E-state index in [1.165, 1.54) is 5.56 Å². The Morgan fingerprint density at radius 2 is 2.06 bits per heavy atom. The van der Waals surface area contributed by atoms with E-state index in [-0.39, 0.29) is 0 Å². The monoisotopic (exact) mass is 256 g/mol. The van der Waals surface area contributed by atoms with Gasteiger partial charge in [0.2, 0.25) is 0 Å². The number of rotatable bonds is 5. The summed E-state index contributed by atoms with van der Waals surface area (Å²) in [7, 11) is 0. The number of aryl methyl sites for hydroxylation is 2. The van der Waals surface area contributed by atoms with Gasteiger partial charge in [-0.2, -0.15) is 11.8 Å². The van der Waals surface area contributed by atoms with E-state index in [9.17, 15) is 0 Å². The average Bonchev–Trinajstić information content (AvgIpc) is 2.67. The van der Waals surface area contributed by atoms with E-state index in [2.05, 4.69) is 10.1 Å². The second kappa shape index (κ2) is 6.42.